The van der Waals surface area contributed by atoms with E-state index in [9.17, 15) is 9.59 Å². The van der Waals surface area contributed by atoms with Crippen molar-refractivity contribution in [3.05, 3.63) is 22.8 Å². The third kappa shape index (κ3) is 7.97. The zero-order chi connectivity index (χ0) is 23.8. The first kappa shape index (κ1) is 25.5. The molecule has 1 aromatic carbocycles. The molecule has 1 aromatic heterocycles. The van der Waals surface area contributed by atoms with Gasteiger partial charge in [0.2, 0.25) is 5.91 Å². The molecule has 1 atom stereocenters. The Hall–Kier alpha value is -2.17. The highest BCUT2D eigenvalue weighted by atomic mass is 79.9. The van der Waals surface area contributed by atoms with E-state index >= 15 is 0 Å². The van der Waals surface area contributed by atoms with Gasteiger partial charge < -0.3 is 24.8 Å². The zero-order valence-electron chi connectivity index (χ0n) is 19.5. The zero-order valence-corrected chi connectivity index (χ0v) is 21.1. The van der Waals surface area contributed by atoms with Crippen LogP contribution < -0.4 is 10.6 Å². The minimum atomic E-state index is -0.511. The number of unbranched alkanes of at least 4 members (excludes halogenated alkanes) is 1. The van der Waals surface area contributed by atoms with Crippen LogP contribution in [-0.2, 0) is 19.0 Å². The van der Waals surface area contributed by atoms with Gasteiger partial charge in [-0.25, -0.2) is 9.48 Å². The van der Waals surface area contributed by atoms with Gasteiger partial charge in [0.05, 0.1) is 17.4 Å². The fourth-order valence-electron chi connectivity index (χ4n) is 3.55. The maximum atomic E-state index is 12.4. The van der Waals surface area contributed by atoms with Gasteiger partial charge in [0.1, 0.15) is 12.2 Å². The minimum Gasteiger partial charge on any atom is -0.444 e. The number of hydrogen-bond donors (Lipinski definition) is 2. The van der Waals surface area contributed by atoms with Crippen LogP contribution in [0.2, 0.25) is 0 Å². The fraction of sp³-hybridized carbons (Fsp3) is 0.609. The number of aromatic nitrogens is 2. The predicted octanol–water partition coefficient (Wildman–Crippen LogP) is 4.76. The lowest BCUT2D eigenvalue weighted by atomic mass is 10.1. The number of fused-ring (bicyclic) bond motifs is 1. The van der Waals surface area contributed by atoms with E-state index in [0.29, 0.717) is 18.8 Å². The van der Waals surface area contributed by atoms with Crippen LogP contribution in [0.5, 0.6) is 0 Å². The number of carbonyl (C=O) groups is 2. The molecule has 1 aliphatic rings. The Balaban J connectivity index is 1.43. The Bertz CT molecular complexity index is 950. The average molecular weight is 525 g/mol. The Morgan fingerprint density at radius 3 is 2.82 bits per heavy atom. The highest BCUT2D eigenvalue weighted by Crippen LogP contribution is 2.32. The number of carbonyl (C=O) groups excluding carboxylic acids is 2. The van der Waals surface area contributed by atoms with Crippen LogP contribution in [0, 0.1) is 0 Å². The molecule has 1 fully saturated rings. The van der Waals surface area contributed by atoms with Crippen LogP contribution in [0.1, 0.15) is 59.1 Å². The number of amides is 2. The molecule has 33 heavy (non-hydrogen) atoms. The summed E-state index contributed by atoms with van der Waals surface area (Å²) in [6.07, 6.45) is 5.80. The maximum absolute atomic E-state index is 12.4. The molecule has 0 radical (unpaired) electrons. The highest BCUT2D eigenvalue weighted by Gasteiger charge is 2.20. The van der Waals surface area contributed by atoms with E-state index in [1.807, 2.05) is 37.6 Å². The standard InChI is InChI=1S/C23H33BrN4O5/c1-23(2,3)33-22(30)25-9-5-7-10-31-15-20(29)27-18-12-16(24)13-19-17(18)14-26-28(19)21-8-4-6-11-32-21/h12-14,21H,4-11,15H2,1-3H3,(H,25,30)(H,27,29). The molecular weight excluding hydrogens is 492 g/mol. The van der Waals surface area contributed by atoms with Crippen molar-refractivity contribution in [3.8, 4) is 0 Å². The Morgan fingerprint density at radius 2 is 2.09 bits per heavy atom. The third-order valence-electron chi connectivity index (χ3n) is 5.00. The molecule has 1 unspecified atom stereocenters. The molecule has 9 nitrogen and oxygen atoms in total. The number of ether oxygens (including phenoxy) is 3. The van der Waals surface area contributed by atoms with Crippen molar-refractivity contribution < 1.29 is 23.8 Å². The molecular formula is C23H33BrN4O5. The first-order valence-electron chi connectivity index (χ1n) is 11.4. The van der Waals surface area contributed by atoms with Crippen molar-refractivity contribution in [2.75, 3.05) is 31.7 Å². The van der Waals surface area contributed by atoms with Gasteiger partial charge in [-0.05, 0) is 65.0 Å². The first-order chi connectivity index (χ1) is 15.7. The van der Waals surface area contributed by atoms with Crippen molar-refractivity contribution in [1.82, 2.24) is 15.1 Å². The summed E-state index contributed by atoms with van der Waals surface area (Å²) in [5.41, 5.74) is 1.07. The highest BCUT2D eigenvalue weighted by molar-refractivity contribution is 9.10. The van der Waals surface area contributed by atoms with Crippen LogP contribution in [0.4, 0.5) is 10.5 Å². The monoisotopic (exact) mass is 524 g/mol. The minimum absolute atomic E-state index is 0.0482. The van der Waals surface area contributed by atoms with E-state index < -0.39 is 11.7 Å². The molecule has 2 heterocycles. The van der Waals surface area contributed by atoms with E-state index in [-0.39, 0.29) is 18.7 Å². The predicted molar refractivity (Wildman–Crippen MR) is 129 cm³/mol. The summed E-state index contributed by atoms with van der Waals surface area (Å²) in [6, 6.07) is 3.84. The van der Waals surface area contributed by atoms with Crippen molar-refractivity contribution in [2.45, 2.75) is 64.7 Å². The molecule has 0 bridgehead atoms. The fourth-order valence-corrected chi connectivity index (χ4v) is 3.99. The summed E-state index contributed by atoms with van der Waals surface area (Å²) in [4.78, 5) is 24.0. The lowest BCUT2D eigenvalue weighted by Gasteiger charge is -2.23. The SMILES string of the molecule is CC(C)(C)OC(=O)NCCCCOCC(=O)Nc1cc(Br)cc2c1cnn2C1CCCCO1. The van der Waals surface area contributed by atoms with Crippen LogP contribution in [0.15, 0.2) is 22.8 Å². The number of benzene rings is 1. The van der Waals surface area contributed by atoms with Gasteiger partial charge in [0.15, 0.2) is 6.23 Å². The summed E-state index contributed by atoms with van der Waals surface area (Å²) in [5, 5.41) is 11.0. The van der Waals surface area contributed by atoms with Crippen molar-refractivity contribution in [2.24, 2.45) is 0 Å². The van der Waals surface area contributed by atoms with E-state index in [1.165, 1.54) is 0 Å². The number of alkyl carbamates (subject to hydrolysis) is 1. The third-order valence-corrected chi connectivity index (χ3v) is 5.46. The number of rotatable bonds is 9. The molecule has 10 heteroatoms. The molecule has 3 rings (SSSR count). The van der Waals surface area contributed by atoms with Gasteiger partial charge in [-0.15, -0.1) is 0 Å². The van der Waals surface area contributed by atoms with E-state index in [2.05, 4.69) is 31.7 Å². The molecule has 0 saturated carbocycles. The number of anilines is 1. The van der Waals surface area contributed by atoms with Crippen molar-refractivity contribution in [1.29, 1.82) is 0 Å². The topological polar surface area (TPSA) is 104 Å². The second-order valence-electron chi connectivity index (χ2n) is 9.03. The molecule has 0 spiro atoms. The molecule has 1 saturated heterocycles. The molecule has 0 aliphatic carbocycles. The molecule has 182 valence electrons. The van der Waals surface area contributed by atoms with E-state index in [1.54, 1.807) is 6.20 Å². The Morgan fingerprint density at radius 1 is 1.27 bits per heavy atom. The largest absolute Gasteiger partial charge is 0.444 e. The first-order valence-corrected chi connectivity index (χ1v) is 12.1. The average Bonchev–Trinajstić information content (AvgIpc) is 3.16. The Kier molecular flexibility index (Phi) is 9.10. The lowest BCUT2D eigenvalue weighted by molar-refractivity contribution is -0.120. The molecule has 2 N–H and O–H groups in total. The number of nitrogens with zero attached hydrogens (tertiary/aromatic N) is 2. The van der Waals surface area contributed by atoms with Gasteiger partial charge in [0.25, 0.3) is 0 Å². The summed E-state index contributed by atoms with van der Waals surface area (Å²) in [6.45, 7) is 7.07. The van der Waals surface area contributed by atoms with Crippen molar-refractivity contribution >= 4 is 44.5 Å². The van der Waals surface area contributed by atoms with Gasteiger partial charge in [0, 0.05) is 29.6 Å². The summed E-state index contributed by atoms with van der Waals surface area (Å²) < 4.78 is 19.3. The summed E-state index contributed by atoms with van der Waals surface area (Å²) >= 11 is 3.53. The van der Waals surface area contributed by atoms with Gasteiger partial charge in [-0.2, -0.15) is 5.10 Å². The second kappa shape index (κ2) is 11.8. The summed E-state index contributed by atoms with van der Waals surface area (Å²) in [7, 11) is 0. The van der Waals surface area contributed by atoms with Crippen LogP contribution in [0.3, 0.4) is 0 Å². The quantitative estimate of drug-likeness (QED) is 0.458. The number of halogens is 1. The Labute approximate surface area is 202 Å². The van der Waals surface area contributed by atoms with E-state index in [4.69, 9.17) is 14.2 Å². The van der Waals surface area contributed by atoms with Crippen LogP contribution >= 0.6 is 15.9 Å². The van der Waals surface area contributed by atoms with Crippen LogP contribution in [0.25, 0.3) is 10.9 Å². The van der Waals surface area contributed by atoms with Gasteiger partial charge in [-0.3, -0.25) is 4.79 Å². The molecule has 2 amide bonds. The number of hydrogen-bond acceptors (Lipinski definition) is 6. The maximum Gasteiger partial charge on any atom is 0.407 e. The second-order valence-corrected chi connectivity index (χ2v) is 9.95. The smallest absolute Gasteiger partial charge is 0.407 e. The summed E-state index contributed by atoms with van der Waals surface area (Å²) in [5.74, 6) is -0.233. The van der Waals surface area contributed by atoms with Crippen LogP contribution in [-0.4, -0.2) is 53.7 Å². The van der Waals surface area contributed by atoms with Crippen molar-refractivity contribution in [3.63, 3.8) is 0 Å². The normalized spacial score (nSPS) is 16.5. The van der Waals surface area contributed by atoms with Gasteiger partial charge in [-0.1, -0.05) is 15.9 Å². The number of nitrogens with one attached hydrogen (secondary N) is 2. The van der Waals surface area contributed by atoms with Gasteiger partial charge >= 0.3 is 6.09 Å². The molecule has 2 aromatic rings. The molecule has 1 aliphatic heterocycles. The van der Waals surface area contributed by atoms with E-state index in [0.717, 1.165) is 54.1 Å². The lowest BCUT2D eigenvalue weighted by Crippen LogP contribution is -2.33.